The molecule has 2 unspecified atom stereocenters. The van der Waals surface area contributed by atoms with E-state index in [2.05, 4.69) is 17.4 Å². The van der Waals surface area contributed by atoms with Gasteiger partial charge in [-0.2, -0.15) is 0 Å². The Balaban J connectivity index is 1.38. The Labute approximate surface area is 204 Å². The average molecular weight is 483 g/mol. The van der Waals surface area contributed by atoms with Crippen LogP contribution in [-0.2, 0) is 23.8 Å². The predicted octanol–water partition coefficient (Wildman–Crippen LogP) is 2.63. The van der Waals surface area contributed by atoms with Gasteiger partial charge < -0.3 is 29.5 Å². The van der Waals surface area contributed by atoms with Gasteiger partial charge in [0.2, 0.25) is 5.91 Å². The van der Waals surface area contributed by atoms with Crippen molar-refractivity contribution in [2.75, 3.05) is 33.4 Å². The van der Waals surface area contributed by atoms with E-state index in [4.69, 9.17) is 19.3 Å². The Kier molecular flexibility index (Phi) is 7.09. The number of carbonyl (C=O) groups excluding carboxylic acids is 2. The van der Waals surface area contributed by atoms with Gasteiger partial charge in [0.1, 0.15) is 24.9 Å². The number of benzene rings is 2. The average Bonchev–Trinajstić information content (AvgIpc) is 3.16. The Bertz CT molecular complexity index is 1070. The van der Waals surface area contributed by atoms with Crippen molar-refractivity contribution in [1.29, 1.82) is 0 Å². The van der Waals surface area contributed by atoms with Crippen molar-refractivity contribution in [3.8, 4) is 11.1 Å². The lowest BCUT2D eigenvalue weighted by molar-refractivity contribution is -0.175. The normalized spacial score (nSPS) is 17.5. The van der Waals surface area contributed by atoms with Gasteiger partial charge in [0.15, 0.2) is 0 Å². The first-order valence-corrected chi connectivity index (χ1v) is 11.5. The predicted molar refractivity (Wildman–Crippen MR) is 127 cm³/mol. The van der Waals surface area contributed by atoms with Crippen LogP contribution in [0.5, 0.6) is 0 Å². The second-order valence-electron chi connectivity index (χ2n) is 9.21. The van der Waals surface area contributed by atoms with Gasteiger partial charge in [-0.1, -0.05) is 48.5 Å². The Morgan fingerprint density at radius 2 is 1.66 bits per heavy atom. The summed E-state index contributed by atoms with van der Waals surface area (Å²) in [5.74, 6) is -1.51. The molecule has 2 aromatic carbocycles. The number of fused-ring (bicyclic) bond motifs is 3. The quantitative estimate of drug-likeness (QED) is 0.565. The molecular weight excluding hydrogens is 452 g/mol. The molecule has 1 heterocycles. The van der Waals surface area contributed by atoms with E-state index in [1.54, 1.807) is 13.8 Å². The summed E-state index contributed by atoms with van der Waals surface area (Å²) in [6.07, 6.45) is -1.31. The highest BCUT2D eigenvalue weighted by Gasteiger charge is 2.46. The smallest absolute Gasteiger partial charge is 0.407 e. The highest BCUT2D eigenvalue weighted by Crippen LogP contribution is 2.44. The van der Waals surface area contributed by atoms with Gasteiger partial charge in [-0.25, -0.2) is 9.59 Å². The number of methoxy groups -OCH3 is 1. The molecule has 0 saturated carbocycles. The minimum absolute atomic E-state index is 0.0929. The van der Waals surface area contributed by atoms with Crippen LogP contribution in [0.25, 0.3) is 11.1 Å². The summed E-state index contributed by atoms with van der Waals surface area (Å²) in [5, 5.41) is 11.5. The number of carboxylic acid groups (broad SMARTS) is 1. The summed E-state index contributed by atoms with van der Waals surface area (Å²) < 4.78 is 16.3. The Morgan fingerprint density at radius 1 is 1.09 bits per heavy atom. The summed E-state index contributed by atoms with van der Waals surface area (Å²) in [6, 6.07) is 15.1. The fourth-order valence-corrected chi connectivity index (χ4v) is 4.72. The van der Waals surface area contributed by atoms with E-state index in [1.807, 2.05) is 36.4 Å². The van der Waals surface area contributed by atoms with Crippen LogP contribution in [0.15, 0.2) is 48.5 Å². The molecule has 186 valence electrons. The SMILES string of the molecule is COC(C)C(NC(=O)OCC1c2ccccc2-c2ccccc21)C(=O)N1CC(C)(OCC(=O)O)C1. The number of alkyl carbamates (subject to hydrolysis) is 1. The van der Waals surface area contributed by atoms with E-state index in [0.717, 1.165) is 22.3 Å². The minimum atomic E-state index is -1.07. The number of likely N-dealkylation sites (tertiary alicyclic amines) is 1. The molecule has 35 heavy (non-hydrogen) atoms. The first kappa shape index (κ1) is 24.7. The van der Waals surface area contributed by atoms with E-state index in [0.29, 0.717) is 0 Å². The number of carbonyl (C=O) groups is 3. The molecule has 0 bridgehead atoms. The molecule has 0 aromatic heterocycles. The second-order valence-corrected chi connectivity index (χ2v) is 9.21. The van der Waals surface area contributed by atoms with Crippen molar-refractivity contribution in [3.63, 3.8) is 0 Å². The number of nitrogens with one attached hydrogen (secondary N) is 1. The van der Waals surface area contributed by atoms with Crippen molar-refractivity contribution in [2.24, 2.45) is 0 Å². The molecule has 0 spiro atoms. The molecule has 2 aliphatic rings. The number of ether oxygens (including phenoxy) is 3. The second kappa shape index (κ2) is 10.1. The molecule has 1 aliphatic carbocycles. The van der Waals surface area contributed by atoms with E-state index in [9.17, 15) is 14.4 Å². The van der Waals surface area contributed by atoms with Crippen molar-refractivity contribution >= 4 is 18.0 Å². The molecule has 1 saturated heterocycles. The number of hydrogen-bond acceptors (Lipinski definition) is 6. The molecule has 9 nitrogen and oxygen atoms in total. The van der Waals surface area contributed by atoms with Crippen LogP contribution in [0.2, 0.25) is 0 Å². The fraction of sp³-hybridized carbons (Fsp3) is 0.423. The maximum atomic E-state index is 13.1. The van der Waals surface area contributed by atoms with Crippen molar-refractivity contribution in [1.82, 2.24) is 10.2 Å². The van der Waals surface area contributed by atoms with Gasteiger partial charge >= 0.3 is 12.1 Å². The van der Waals surface area contributed by atoms with Gasteiger partial charge in [-0.15, -0.1) is 0 Å². The summed E-state index contributed by atoms with van der Waals surface area (Å²) in [7, 11) is 1.46. The maximum absolute atomic E-state index is 13.1. The van der Waals surface area contributed by atoms with Crippen molar-refractivity contribution in [2.45, 2.75) is 37.5 Å². The van der Waals surface area contributed by atoms with Gasteiger partial charge in [0.25, 0.3) is 0 Å². The van der Waals surface area contributed by atoms with Crippen LogP contribution in [0.4, 0.5) is 4.79 Å². The zero-order valence-electron chi connectivity index (χ0n) is 20.0. The third kappa shape index (κ3) is 5.16. The molecule has 2 amide bonds. The molecule has 2 atom stereocenters. The molecular formula is C26H30N2O7. The lowest BCUT2D eigenvalue weighted by atomic mass is 9.94. The summed E-state index contributed by atoms with van der Waals surface area (Å²) in [5.41, 5.74) is 3.72. The highest BCUT2D eigenvalue weighted by molar-refractivity contribution is 5.87. The number of nitrogens with zero attached hydrogens (tertiary/aromatic N) is 1. The maximum Gasteiger partial charge on any atom is 0.407 e. The zero-order valence-corrected chi connectivity index (χ0v) is 20.0. The molecule has 1 fully saturated rings. The third-order valence-electron chi connectivity index (χ3n) is 6.63. The minimum Gasteiger partial charge on any atom is -0.480 e. The first-order valence-electron chi connectivity index (χ1n) is 11.5. The van der Waals surface area contributed by atoms with Crippen LogP contribution in [-0.4, -0.2) is 79.1 Å². The van der Waals surface area contributed by atoms with Crippen molar-refractivity contribution < 1.29 is 33.7 Å². The van der Waals surface area contributed by atoms with E-state index in [1.165, 1.54) is 12.0 Å². The van der Waals surface area contributed by atoms with Crippen LogP contribution in [0.1, 0.15) is 30.9 Å². The molecule has 1 aliphatic heterocycles. The number of amides is 2. The van der Waals surface area contributed by atoms with Crippen molar-refractivity contribution in [3.05, 3.63) is 59.7 Å². The van der Waals surface area contributed by atoms with Crippen LogP contribution >= 0.6 is 0 Å². The van der Waals surface area contributed by atoms with Gasteiger partial charge in [-0.05, 0) is 36.1 Å². The number of aliphatic carboxylic acids is 1. The Morgan fingerprint density at radius 3 is 2.20 bits per heavy atom. The van der Waals surface area contributed by atoms with Gasteiger partial charge in [0.05, 0.1) is 19.2 Å². The Hall–Kier alpha value is -3.43. The lowest BCUT2D eigenvalue weighted by Crippen LogP contribution is -2.67. The number of rotatable bonds is 9. The van der Waals surface area contributed by atoms with Crippen LogP contribution < -0.4 is 5.32 Å². The molecule has 2 aromatic rings. The number of carboxylic acids is 1. The number of hydrogen-bond donors (Lipinski definition) is 2. The van der Waals surface area contributed by atoms with E-state index >= 15 is 0 Å². The molecule has 2 N–H and O–H groups in total. The molecule has 0 radical (unpaired) electrons. The fourth-order valence-electron chi connectivity index (χ4n) is 4.72. The zero-order chi connectivity index (χ0) is 25.2. The summed E-state index contributed by atoms with van der Waals surface area (Å²) >= 11 is 0. The van der Waals surface area contributed by atoms with Gasteiger partial charge in [0, 0.05) is 13.0 Å². The van der Waals surface area contributed by atoms with E-state index < -0.39 is 36.4 Å². The standard InChI is InChI=1S/C26H30N2O7/c1-16(33-3)23(24(31)28-14-26(2,15-28)35-13-22(29)30)27-25(32)34-12-21-19-10-6-4-8-17(19)18-9-5-7-11-20(18)21/h4-11,16,21,23H,12-15H2,1-3H3,(H,27,32)(H,29,30). The molecule has 9 heteroatoms. The first-order chi connectivity index (χ1) is 16.7. The molecule has 4 rings (SSSR count). The highest BCUT2D eigenvalue weighted by atomic mass is 16.6. The topological polar surface area (TPSA) is 114 Å². The largest absolute Gasteiger partial charge is 0.480 e. The lowest BCUT2D eigenvalue weighted by Gasteiger charge is -2.48. The summed E-state index contributed by atoms with van der Waals surface area (Å²) in [4.78, 5) is 38.1. The van der Waals surface area contributed by atoms with Gasteiger partial charge in [-0.3, -0.25) is 4.79 Å². The van der Waals surface area contributed by atoms with E-state index in [-0.39, 0.29) is 31.5 Å². The monoisotopic (exact) mass is 482 g/mol. The third-order valence-corrected chi connectivity index (χ3v) is 6.63. The van der Waals surface area contributed by atoms with Crippen LogP contribution in [0, 0.1) is 0 Å². The van der Waals surface area contributed by atoms with Crippen LogP contribution in [0.3, 0.4) is 0 Å². The summed E-state index contributed by atoms with van der Waals surface area (Å²) in [6.45, 7) is 3.57.